The van der Waals surface area contributed by atoms with E-state index in [0.717, 1.165) is 31.0 Å². The molecular formula is C16H18Cl4F3N3OS. The molecule has 0 aromatic heterocycles. The quantitative estimate of drug-likeness (QED) is 0.186. The van der Waals surface area contributed by atoms with Crippen molar-refractivity contribution in [2.24, 2.45) is 0 Å². The Morgan fingerprint density at radius 3 is 2.36 bits per heavy atom. The Morgan fingerprint density at radius 2 is 1.82 bits per heavy atom. The zero-order chi connectivity index (χ0) is 21.5. The van der Waals surface area contributed by atoms with E-state index in [2.05, 4.69) is 16.0 Å². The van der Waals surface area contributed by atoms with E-state index in [0.29, 0.717) is 6.42 Å². The lowest BCUT2D eigenvalue weighted by molar-refractivity contribution is -0.137. The Hall–Kier alpha value is -0.670. The third kappa shape index (κ3) is 8.78. The molecular weight excluding hydrogens is 481 g/mol. The van der Waals surface area contributed by atoms with Crippen LogP contribution in [0.3, 0.4) is 0 Å². The van der Waals surface area contributed by atoms with Crippen molar-refractivity contribution in [2.45, 2.75) is 48.7 Å². The molecule has 12 heteroatoms. The molecule has 0 saturated carbocycles. The van der Waals surface area contributed by atoms with Gasteiger partial charge in [0.05, 0.1) is 16.3 Å². The molecule has 4 nitrogen and oxygen atoms in total. The standard InChI is InChI=1S/C16H18Cl4F3N3OS/c1-2-3-4-5-12(27)25-13(15(18,19)20)26-14(28)24-11-8-9(16(21,22)23)6-7-10(11)17/h6-8,13H,2-5H2,1H3,(H,25,27)(H2,24,26,28)/t13-/m0/s1. The summed E-state index contributed by atoms with van der Waals surface area (Å²) in [5.41, 5.74) is -1.00. The molecule has 28 heavy (non-hydrogen) atoms. The molecule has 0 bridgehead atoms. The second kappa shape index (κ2) is 10.9. The summed E-state index contributed by atoms with van der Waals surface area (Å²) < 4.78 is 36.6. The molecule has 1 aromatic carbocycles. The summed E-state index contributed by atoms with van der Waals surface area (Å²) in [6.45, 7) is 1.99. The summed E-state index contributed by atoms with van der Waals surface area (Å²) in [7, 11) is 0. The van der Waals surface area contributed by atoms with Gasteiger partial charge in [-0.15, -0.1) is 0 Å². The number of rotatable bonds is 7. The molecule has 0 saturated heterocycles. The summed E-state index contributed by atoms with van der Waals surface area (Å²) in [6.07, 6.45) is -3.07. The highest BCUT2D eigenvalue weighted by Gasteiger charge is 2.35. The first kappa shape index (κ1) is 25.4. The third-order valence-corrected chi connectivity index (χ3v) is 4.66. The fourth-order valence-electron chi connectivity index (χ4n) is 2.06. The van der Waals surface area contributed by atoms with E-state index in [-0.39, 0.29) is 28.2 Å². The Labute approximate surface area is 186 Å². The summed E-state index contributed by atoms with van der Waals surface area (Å²) >= 11 is 28.5. The molecule has 0 radical (unpaired) electrons. The topological polar surface area (TPSA) is 53.2 Å². The van der Waals surface area contributed by atoms with Crippen molar-refractivity contribution in [3.8, 4) is 0 Å². The minimum atomic E-state index is -4.55. The number of halogens is 7. The average molecular weight is 499 g/mol. The van der Waals surface area contributed by atoms with Crippen LogP contribution in [-0.2, 0) is 11.0 Å². The second-order valence-electron chi connectivity index (χ2n) is 5.79. The van der Waals surface area contributed by atoms with Crippen molar-refractivity contribution < 1.29 is 18.0 Å². The van der Waals surface area contributed by atoms with Crippen LogP contribution < -0.4 is 16.0 Å². The van der Waals surface area contributed by atoms with Crippen molar-refractivity contribution in [1.82, 2.24) is 10.6 Å². The summed E-state index contributed by atoms with van der Waals surface area (Å²) in [5, 5.41) is 7.39. The van der Waals surface area contributed by atoms with Crippen LogP contribution in [0, 0.1) is 0 Å². The first-order valence-corrected chi connectivity index (χ1v) is 10.1. The number of alkyl halides is 6. The van der Waals surface area contributed by atoms with Crippen LogP contribution in [0.4, 0.5) is 18.9 Å². The normalized spacial score (nSPS) is 13.0. The van der Waals surface area contributed by atoms with Crippen molar-refractivity contribution in [1.29, 1.82) is 0 Å². The van der Waals surface area contributed by atoms with E-state index in [4.69, 9.17) is 58.6 Å². The van der Waals surface area contributed by atoms with Crippen LogP contribution in [0.15, 0.2) is 18.2 Å². The van der Waals surface area contributed by atoms with Gasteiger partial charge in [0.2, 0.25) is 9.70 Å². The SMILES string of the molecule is CCCCCC(=O)N[C@@H](NC(=S)Nc1cc(C(F)(F)F)ccc1Cl)C(Cl)(Cl)Cl. The largest absolute Gasteiger partial charge is 0.416 e. The summed E-state index contributed by atoms with van der Waals surface area (Å²) in [6, 6.07) is 2.71. The summed E-state index contributed by atoms with van der Waals surface area (Å²) in [5.74, 6) is -0.364. The van der Waals surface area contributed by atoms with Crippen LogP contribution in [-0.4, -0.2) is 21.0 Å². The number of carbonyl (C=O) groups excluding carboxylic acids is 1. The molecule has 3 N–H and O–H groups in total. The number of hydrogen-bond donors (Lipinski definition) is 3. The Kier molecular flexibility index (Phi) is 9.89. The van der Waals surface area contributed by atoms with Gasteiger partial charge in [0.15, 0.2) is 5.11 Å². The molecule has 158 valence electrons. The maximum atomic E-state index is 12.9. The van der Waals surface area contributed by atoms with Crippen LogP contribution in [0.1, 0.15) is 38.2 Å². The number of benzene rings is 1. The van der Waals surface area contributed by atoms with E-state index < -0.39 is 21.7 Å². The predicted octanol–water partition coefficient (Wildman–Crippen LogP) is 6.04. The summed E-state index contributed by atoms with van der Waals surface area (Å²) in [4.78, 5) is 12.0. The van der Waals surface area contributed by atoms with Crippen molar-refractivity contribution >= 4 is 75.3 Å². The maximum absolute atomic E-state index is 12.9. The first-order chi connectivity index (χ1) is 12.8. The van der Waals surface area contributed by atoms with E-state index in [1.165, 1.54) is 0 Å². The minimum absolute atomic E-state index is 0.00573. The van der Waals surface area contributed by atoms with Gasteiger partial charge in [-0.25, -0.2) is 0 Å². The van der Waals surface area contributed by atoms with E-state index in [1.807, 2.05) is 6.92 Å². The van der Waals surface area contributed by atoms with Crippen molar-refractivity contribution in [3.63, 3.8) is 0 Å². The Bertz CT molecular complexity index is 699. The number of nitrogens with one attached hydrogen (secondary N) is 3. The van der Waals surface area contributed by atoms with Gasteiger partial charge in [-0.2, -0.15) is 13.2 Å². The number of hydrogen-bond acceptors (Lipinski definition) is 2. The van der Waals surface area contributed by atoms with Gasteiger partial charge in [0.1, 0.15) is 6.17 Å². The molecule has 0 aliphatic carbocycles. The number of amides is 1. The molecule has 1 amide bonds. The Morgan fingerprint density at radius 1 is 1.18 bits per heavy atom. The predicted molar refractivity (Wildman–Crippen MR) is 112 cm³/mol. The molecule has 0 aliphatic heterocycles. The molecule has 0 aliphatic rings. The lowest BCUT2D eigenvalue weighted by Crippen LogP contribution is -2.56. The van der Waals surface area contributed by atoms with Crippen molar-refractivity contribution in [3.05, 3.63) is 28.8 Å². The fraction of sp³-hybridized carbons (Fsp3) is 0.500. The lowest BCUT2D eigenvalue weighted by Gasteiger charge is -2.28. The van der Waals surface area contributed by atoms with Gasteiger partial charge in [-0.1, -0.05) is 66.2 Å². The maximum Gasteiger partial charge on any atom is 0.416 e. The first-order valence-electron chi connectivity index (χ1n) is 8.15. The van der Waals surface area contributed by atoms with Gasteiger partial charge in [-0.3, -0.25) is 4.79 Å². The number of anilines is 1. The Balaban J connectivity index is 2.83. The van der Waals surface area contributed by atoms with Gasteiger partial charge in [0, 0.05) is 6.42 Å². The van der Waals surface area contributed by atoms with E-state index >= 15 is 0 Å². The molecule has 0 fully saturated rings. The number of thiocarbonyl (C=S) groups is 1. The highest BCUT2D eigenvalue weighted by atomic mass is 35.6. The van der Waals surface area contributed by atoms with Gasteiger partial charge in [0.25, 0.3) is 0 Å². The fourth-order valence-corrected chi connectivity index (χ4v) is 2.78. The van der Waals surface area contributed by atoms with E-state index in [1.54, 1.807) is 0 Å². The average Bonchev–Trinajstić information content (AvgIpc) is 2.54. The second-order valence-corrected chi connectivity index (χ2v) is 8.97. The zero-order valence-corrected chi connectivity index (χ0v) is 18.4. The van der Waals surface area contributed by atoms with Gasteiger partial charge < -0.3 is 16.0 Å². The van der Waals surface area contributed by atoms with E-state index in [9.17, 15) is 18.0 Å². The molecule has 1 aromatic rings. The van der Waals surface area contributed by atoms with Gasteiger partial charge >= 0.3 is 6.18 Å². The zero-order valence-electron chi connectivity index (χ0n) is 14.6. The minimum Gasteiger partial charge on any atom is -0.339 e. The van der Waals surface area contributed by atoms with Gasteiger partial charge in [-0.05, 0) is 36.8 Å². The van der Waals surface area contributed by atoms with Crippen LogP contribution in [0.25, 0.3) is 0 Å². The van der Waals surface area contributed by atoms with Crippen molar-refractivity contribution in [2.75, 3.05) is 5.32 Å². The highest BCUT2D eigenvalue weighted by Crippen LogP contribution is 2.34. The van der Waals surface area contributed by atoms with Crippen LogP contribution >= 0.6 is 58.6 Å². The lowest BCUT2D eigenvalue weighted by atomic mass is 10.2. The smallest absolute Gasteiger partial charge is 0.339 e. The molecule has 1 atom stereocenters. The van der Waals surface area contributed by atoms with Crippen LogP contribution in [0.5, 0.6) is 0 Å². The number of unbranched alkanes of at least 4 members (excludes halogenated alkanes) is 2. The number of carbonyl (C=O) groups is 1. The third-order valence-electron chi connectivity index (χ3n) is 3.46. The highest BCUT2D eigenvalue weighted by molar-refractivity contribution is 7.80. The molecule has 0 spiro atoms. The molecule has 1 rings (SSSR count). The monoisotopic (exact) mass is 497 g/mol. The van der Waals surface area contributed by atoms with Crippen LogP contribution in [0.2, 0.25) is 5.02 Å². The molecule has 0 unspecified atom stereocenters. The molecule has 0 heterocycles.